The Hall–Kier alpha value is -4.21. The van der Waals surface area contributed by atoms with E-state index in [1.54, 1.807) is 24.4 Å². The minimum absolute atomic E-state index is 0.0157. The number of halogens is 1. The van der Waals surface area contributed by atoms with Crippen LogP contribution in [0.1, 0.15) is 37.2 Å². The molecule has 1 fully saturated rings. The van der Waals surface area contributed by atoms with E-state index in [4.69, 9.17) is 0 Å². The van der Waals surface area contributed by atoms with Gasteiger partial charge in [-0.25, -0.2) is 29.3 Å². The van der Waals surface area contributed by atoms with E-state index in [-0.39, 0.29) is 23.6 Å². The molecule has 5 rings (SSSR count). The van der Waals surface area contributed by atoms with Gasteiger partial charge in [-0.05, 0) is 51.0 Å². The van der Waals surface area contributed by atoms with Crippen LogP contribution in [0.5, 0.6) is 0 Å². The summed E-state index contributed by atoms with van der Waals surface area (Å²) in [5.41, 5.74) is 2.43. The molecule has 9 nitrogen and oxygen atoms in total. The first-order valence-corrected chi connectivity index (χ1v) is 11.5. The molecule has 1 aliphatic heterocycles. The van der Waals surface area contributed by atoms with Crippen molar-refractivity contribution in [1.82, 2.24) is 30.2 Å². The summed E-state index contributed by atoms with van der Waals surface area (Å²) in [6.45, 7) is 5.70. The third-order valence-electron chi connectivity index (χ3n) is 5.65. The number of fused-ring (bicyclic) bond motifs is 1. The van der Waals surface area contributed by atoms with Crippen molar-refractivity contribution in [3.63, 3.8) is 0 Å². The number of hydrogen-bond acceptors (Lipinski definition) is 8. The Morgan fingerprint density at radius 2 is 1.83 bits per heavy atom. The fourth-order valence-corrected chi connectivity index (χ4v) is 3.94. The molecule has 4 aromatic rings. The molecule has 0 atom stereocenters. The van der Waals surface area contributed by atoms with E-state index in [1.807, 2.05) is 26.0 Å². The molecule has 178 valence electrons. The zero-order valence-electron chi connectivity index (χ0n) is 19.5. The van der Waals surface area contributed by atoms with Crippen LogP contribution in [0.15, 0.2) is 48.9 Å². The summed E-state index contributed by atoms with van der Waals surface area (Å²) in [5, 5.41) is 6.60. The zero-order chi connectivity index (χ0) is 24.4. The first kappa shape index (κ1) is 22.6. The summed E-state index contributed by atoms with van der Waals surface area (Å²) >= 11 is 0. The molecular formula is C25H25FN8O. The fourth-order valence-electron chi connectivity index (χ4n) is 3.94. The summed E-state index contributed by atoms with van der Waals surface area (Å²) in [7, 11) is 0. The van der Waals surface area contributed by atoms with E-state index in [1.165, 1.54) is 6.20 Å². The summed E-state index contributed by atoms with van der Waals surface area (Å²) in [4.78, 5) is 36.0. The Morgan fingerprint density at radius 3 is 2.57 bits per heavy atom. The molecule has 2 N–H and O–H groups in total. The average Bonchev–Trinajstić information content (AvgIpc) is 3.40. The van der Waals surface area contributed by atoms with Gasteiger partial charge < -0.3 is 15.5 Å². The first-order valence-electron chi connectivity index (χ1n) is 11.5. The number of carbonyl (C=O) groups excluding carboxylic acids is 1. The smallest absolute Gasteiger partial charge is 0.270 e. The van der Waals surface area contributed by atoms with E-state index in [2.05, 4.69) is 40.5 Å². The van der Waals surface area contributed by atoms with Gasteiger partial charge in [-0.2, -0.15) is 0 Å². The molecule has 0 spiro atoms. The maximum absolute atomic E-state index is 14.7. The van der Waals surface area contributed by atoms with Crippen molar-refractivity contribution in [2.24, 2.45) is 0 Å². The standard InChI is InChI=1S/C25H25FN8O/c1-15(2)30-23(35)21-8-6-18(13-27-21)31-24-28-14-19(26)22(33-24)16-5-7-20-17(11-16)12-29-25(32-20)34-9-3-4-10-34/h5-8,11-15H,3-4,9-10H2,1-2H3,(H,30,35)(H,28,31,33). The van der Waals surface area contributed by atoms with Gasteiger partial charge in [0, 0.05) is 36.3 Å². The Morgan fingerprint density at radius 1 is 1.00 bits per heavy atom. The lowest BCUT2D eigenvalue weighted by Crippen LogP contribution is -2.30. The maximum Gasteiger partial charge on any atom is 0.270 e. The van der Waals surface area contributed by atoms with E-state index >= 15 is 0 Å². The van der Waals surface area contributed by atoms with Gasteiger partial charge in [0.15, 0.2) is 5.82 Å². The van der Waals surface area contributed by atoms with Gasteiger partial charge in [-0.1, -0.05) is 6.07 Å². The van der Waals surface area contributed by atoms with Crippen molar-refractivity contribution < 1.29 is 9.18 Å². The molecule has 0 bridgehead atoms. The highest BCUT2D eigenvalue weighted by Crippen LogP contribution is 2.27. The highest BCUT2D eigenvalue weighted by atomic mass is 19.1. The number of pyridine rings is 1. The van der Waals surface area contributed by atoms with Crippen molar-refractivity contribution in [3.8, 4) is 11.3 Å². The SMILES string of the molecule is CC(C)NC(=O)c1ccc(Nc2ncc(F)c(-c3ccc4nc(N5CCCC5)ncc4c3)n2)cn1. The average molecular weight is 473 g/mol. The van der Waals surface area contributed by atoms with E-state index in [0.717, 1.165) is 49.0 Å². The summed E-state index contributed by atoms with van der Waals surface area (Å²) in [6.07, 6.45) is 6.70. The van der Waals surface area contributed by atoms with Crippen LogP contribution in [0.25, 0.3) is 22.2 Å². The number of anilines is 3. The molecule has 3 aromatic heterocycles. The van der Waals surface area contributed by atoms with Crippen LogP contribution < -0.4 is 15.5 Å². The highest BCUT2D eigenvalue weighted by Gasteiger charge is 2.16. The number of hydrogen-bond donors (Lipinski definition) is 2. The van der Waals surface area contributed by atoms with Gasteiger partial charge in [0.05, 0.1) is 23.6 Å². The molecule has 1 aliphatic rings. The number of benzene rings is 1. The zero-order valence-corrected chi connectivity index (χ0v) is 19.5. The molecule has 35 heavy (non-hydrogen) atoms. The van der Waals surface area contributed by atoms with Gasteiger partial charge in [0.25, 0.3) is 5.91 Å². The normalized spacial score (nSPS) is 13.4. The Labute approximate surface area is 201 Å². The minimum Gasteiger partial charge on any atom is -0.349 e. The second-order valence-electron chi connectivity index (χ2n) is 8.71. The van der Waals surface area contributed by atoms with Gasteiger partial charge in [-0.3, -0.25) is 4.79 Å². The second kappa shape index (κ2) is 9.57. The minimum atomic E-state index is -0.539. The van der Waals surface area contributed by atoms with E-state index in [9.17, 15) is 9.18 Å². The van der Waals surface area contributed by atoms with Crippen LogP contribution >= 0.6 is 0 Å². The second-order valence-corrected chi connectivity index (χ2v) is 8.71. The quantitative estimate of drug-likeness (QED) is 0.432. The maximum atomic E-state index is 14.7. The number of amides is 1. The van der Waals surface area contributed by atoms with Crippen LogP contribution in [0.3, 0.4) is 0 Å². The fraction of sp³-hybridized carbons (Fsp3) is 0.280. The molecule has 0 saturated carbocycles. The van der Waals surface area contributed by atoms with Gasteiger partial charge in [0.2, 0.25) is 11.9 Å². The van der Waals surface area contributed by atoms with E-state index < -0.39 is 5.82 Å². The number of nitrogens with one attached hydrogen (secondary N) is 2. The lowest BCUT2D eigenvalue weighted by atomic mass is 10.1. The number of aromatic nitrogens is 5. The molecule has 4 heterocycles. The van der Waals surface area contributed by atoms with Gasteiger partial charge in [-0.15, -0.1) is 0 Å². The summed E-state index contributed by atoms with van der Waals surface area (Å²) < 4.78 is 14.7. The molecular weight excluding hydrogens is 447 g/mol. The monoisotopic (exact) mass is 472 g/mol. The number of carbonyl (C=O) groups is 1. The molecule has 1 amide bonds. The van der Waals surface area contributed by atoms with Crippen LogP contribution in [0.4, 0.5) is 22.0 Å². The lowest BCUT2D eigenvalue weighted by Gasteiger charge is -2.15. The predicted octanol–water partition coefficient (Wildman–Crippen LogP) is 4.10. The van der Waals surface area contributed by atoms with Crippen LogP contribution in [0.2, 0.25) is 0 Å². The predicted molar refractivity (Wildman–Crippen MR) is 132 cm³/mol. The Balaban J connectivity index is 1.37. The molecule has 1 aromatic carbocycles. The Kier molecular flexibility index (Phi) is 6.17. The van der Waals surface area contributed by atoms with E-state index in [0.29, 0.717) is 16.9 Å². The number of rotatable bonds is 6. The largest absolute Gasteiger partial charge is 0.349 e. The van der Waals surface area contributed by atoms with Crippen molar-refractivity contribution in [2.45, 2.75) is 32.7 Å². The molecule has 1 saturated heterocycles. The molecule has 10 heteroatoms. The Bertz CT molecular complexity index is 1370. The van der Waals surface area contributed by atoms with Crippen LogP contribution in [-0.4, -0.2) is 50.0 Å². The van der Waals surface area contributed by atoms with Crippen molar-refractivity contribution in [1.29, 1.82) is 0 Å². The van der Waals surface area contributed by atoms with Crippen LogP contribution in [0, 0.1) is 5.82 Å². The first-order chi connectivity index (χ1) is 17.0. The lowest BCUT2D eigenvalue weighted by molar-refractivity contribution is 0.0938. The van der Waals surface area contributed by atoms with Gasteiger partial charge in [0.1, 0.15) is 11.4 Å². The molecule has 0 radical (unpaired) electrons. The molecule has 0 unspecified atom stereocenters. The van der Waals surface area contributed by atoms with Gasteiger partial charge >= 0.3 is 0 Å². The highest BCUT2D eigenvalue weighted by molar-refractivity contribution is 5.92. The van der Waals surface area contributed by atoms with Crippen LogP contribution in [-0.2, 0) is 0 Å². The van der Waals surface area contributed by atoms with Crippen molar-refractivity contribution in [3.05, 3.63) is 60.4 Å². The summed E-state index contributed by atoms with van der Waals surface area (Å²) in [6, 6.07) is 8.78. The third kappa shape index (κ3) is 5.01. The van der Waals surface area contributed by atoms with Crippen molar-refractivity contribution in [2.75, 3.05) is 23.3 Å². The van der Waals surface area contributed by atoms with Crippen molar-refractivity contribution >= 4 is 34.4 Å². The summed E-state index contributed by atoms with van der Waals surface area (Å²) in [5.74, 6) is 0.148. The topological polar surface area (TPSA) is 109 Å². The molecule has 0 aliphatic carbocycles. The number of nitrogens with zero attached hydrogens (tertiary/aromatic N) is 6. The third-order valence-corrected chi connectivity index (χ3v) is 5.65.